The lowest BCUT2D eigenvalue weighted by Gasteiger charge is -2.40. The van der Waals surface area contributed by atoms with E-state index in [0.29, 0.717) is 57.6 Å². The topological polar surface area (TPSA) is 181 Å². The van der Waals surface area contributed by atoms with E-state index < -0.39 is 17.5 Å². The molecule has 0 radical (unpaired) electrons. The molecule has 2 aliphatic heterocycles. The number of aromatic nitrogens is 7. The van der Waals surface area contributed by atoms with E-state index in [1.165, 1.54) is 33.5 Å². The lowest BCUT2D eigenvalue weighted by atomic mass is 9.97. The first-order chi connectivity index (χ1) is 34.3. The number of rotatable bonds is 7. The van der Waals surface area contributed by atoms with E-state index in [1.54, 1.807) is 83.6 Å². The van der Waals surface area contributed by atoms with Crippen molar-refractivity contribution in [1.82, 2.24) is 43.9 Å². The van der Waals surface area contributed by atoms with E-state index in [2.05, 4.69) is 78.6 Å². The van der Waals surface area contributed by atoms with Gasteiger partial charge in [-0.25, -0.2) is 18.3 Å². The van der Waals surface area contributed by atoms with Crippen LogP contribution in [0.2, 0.25) is 0 Å². The molecule has 10 rings (SSSR count). The number of thioether (sulfide) groups is 1. The SMILES string of the molecule is CC1CC1C.CNC.CS.Cc1cc(-n2nc(C)c(C3COCC(C)N3C(=O)c3cc4cc([C@@H]5CC(C)(C)OCS5)ccc4[nH]3)c2-n2ccn(-c3ccc4c(cnn4C)c3F)c2=O)cc(C)c1F.NOC=O. The summed E-state index contributed by atoms with van der Waals surface area (Å²) in [5, 5.41) is 13.4. The molecule has 1 saturated carbocycles. The van der Waals surface area contributed by atoms with Crippen LogP contribution in [0, 0.1) is 44.2 Å². The van der Waals surface area contributed by atoms with Gasteiger partial charge in [0.15, 0.2) is 5.82 Å². The number of ether oxygens (including phenoxy) is 2. The minimum Gasteiger partial charge on any atom is -0.377 e. The molecule has 4 unspecified atom stereocenters. The van der Waals surface area contributed by atoms with Crippen molar-refractivity contribution in [1.29, 1.82) is 0 Å². The number of aromatic amines is 1. The summed E-state index contributed by atoms with van der Waals surface area (Å²) in [6, 6.07) is 13.7. The second-order valence-corrected chi connectivity index (χ2v) is 20.1. The molecule has 1 amide bonds. The summed E-state index contributed by atoms with van der Waals surface area (Å²) >= 11 is 5.30. The van der Waals surface area contributed by atoms with Crippen LogP contribution in [-0.4, -0.2) is 102 Å². The van der Waals surface area contributed by atoms with Crippen molar-refractivity contribution in [3.8, 4) is 17.2 Å². The molecule has 5 atom stereocenters. The number of nitrogens with one attached hydrogen (secondary N) is 2. The van der Waals surface area contributed by atoms with Crippen molar-refractivity contribution in [2.24, 2.45) is 24.8 Å². The average molecular weight is 1030 g/mol. The summed E-state index contributed by atoms with van der Waals surface area (Å²) in [7, 11) is 5.47. The van der Waals surface area contributed by atoms with E-state index in [-0.39, 0.29) is 52.8 Å². The van der Waals surface area contributed by atoms with Gasteiger partial charge in [0.05, 0.1) is 71.0 Å². The maximum Gasteiger partial charge on any atom is 0.338 e. The van der Waals surface area contributed by atoms with Crippen molar-refractivity contribution < 1.29 is 32.7 Å². The van der Waals surface area contributed by atoms with Crippen LogP contribution in [0.1, 0.15) is 97.2 Å². The van der Waals surface area contributed by atoms with Crippen molar-refractivity contribution in [2.75, 3.05) is 39.5 Å². The molecule has 6 heterocycles. The van der Waals surface area contributed by atoms with Crippen molar-refractivity contribution >= 4 is 58.6 Å². The third kappa shape index (κ3) is 11.8. The van der Waals surface area contributed by atoms with E-state index in [9.17, 15) is 9.59 Å². The number of fused-ring (bicyclic) bond motifs is 2. The van der Waals surface area contributed by atoms with Gasteiger partial charge in [-0.1, -0.05) is 19.9 Å². The van der Waals surface area contributed by atoms with Crippen LogP contribution >= 0.6 is 24.4 Å². The van der Waals surface area contributed by atoms with E-state index in [1.807, 2.05) is 40.1 Å². The third-order valence-corrected chi connectivity index (χ3v) is 14.2. The minimum atomic E-state index is -0.691. The predicted molar refractivity (Wildman–Crippen MR) is 284 cm³/mol. The van der Waals surface area contributed by atoms with Crippen LogP contribution in [0.25, 0.3) is 39.0 Å². The van der Waals surface area contributed by atoms with E-state index >= 15 is 8.78 Å². The highest BCUT2D eigenvalue weighted by Crippen LogP contribution is 2.43. The number of thiol groups is 1. The standard InChI is InChI=1S/C43H44F2N8O4S.C5H10.C2H7N.CH3NO2.CH4S/c1-23-14-29(15-24(2)38(23)44)53-40(51-13-12-50(42(51)55)34-11-10-33-30(39(34)45)19-46-49(33)7)37(26(4)48-53)35-21-56-20-25(3)52(35)41(54)32-17-28-16-27(8-9-31(28)47-32)36-18-43(5,6)57-22-58-36;1-4-3-5(4)2;1-3-2;2-4-1-3;1-2/h8-17,19,25,35-36,47H,18,20-22H2,1-7H3;4-5H,3H2,1-2H3;3H,1-2H3;1H,2H2;2H,1H3/t25?,35?,36-;;;;/m0..../s1. The number of hydrogen-bond donors (Lipinski definition) is 4. The summed E-state index contributed by atoms with van der Waals surface area (Å²) in [5.74, 6) is 6.04. The van der Waals surface area contributed by atoms with Crippen molar-refractivity contribution in [3.05, 3.63) is 123 Å². The van der Waals surface area contributed by atoms with Crippen LogP contribution in [0.15, 0.2) is 71.9 Å². The van der Waals surface area contributed by atoms with Gasteiger partial charge in [-0.15, -0.1) is 11.8 Å². The fourth-order valence-corrected chi connectivity index (χ4v) is 10.4. The first kappa shape index (κ1) is 55.5. The second kappa shape index (κ2) is 23.8. The quantitative estimate of drug-likeness (QED) is 0.0680. The molecule has 3 fully saturated rings. The number of halogens is 2. The largest absolute Gasteiger partial charge is 0.377 e. The number of nitrogens with two attached hydrogens (primary N) is 1. The lowest BCUT2D eigenvalue weighted by molar-refractivity contribution is -0.129. The maximum absolute atomic E-state index is 16.0. The third-order valence-electron chi connectivity index (χ3n) is 13.1. The zero-order valence-corrected chi connectivity index (χ0v) is 44.8. The lowest BCUT2D eigenvalue weighted by Crippen LogP contribution is -2.49. The van der Waals surface area contributed by atoms with Gasteiger partial charge in [0.25, 0.3) is 5.91 Å². The maximum atomic E-state index is 16.0. The number of benzene rings is 3. The van der Waals surface area contributed by atoms with Crippen LogP contribution in [0.4, 0.5) is 8.78 Å². The molecule has 0 bridgehead atoms. The van der Waals surface area contributed by atoms with Gasteiger partial charge in [-0.3, -0.25) is 23.4 Å². The Hall–Kier alpha value is -5.77. The molecule has 4 aromatic heterocycles. The second-order valence-electron chi connectivity index (χ2n) is 19.0. The Labute approximate surface area is 428 Å². The fraction of sp³-hybridized carbons (Fsp3) is 0.442. The van der Waals surface area contributed by atoms with Gasteiger partial charge in [-0.05, 0) is 146 Å². The molecule has 4 N–H and O–H groups in total. The Bertz CT molecular complexity index is 3040. The normalized spacial score (nSPS) is 19.9. The smallest absolute Gasteiger partial charge is 0.338 e. The van der Waals surface area contributed by atoms with E-state index in [0.717, 1.165) is 29.2 Å². The Morgan fingerprint density at radius 2 is 1.62 bits per heavy atom. The number of morpholine rings is 1. The highest BCUT2D eigenvalue weighted by molar-refractivity contribution is 7.99. The van der Waals surface area contributed by atoms with Crippen LogP contribution in [-0.2, 0) is 26.2 Å². The molecule has 388 valence electrons. The summed E-state index contributed by atoms with van der Waals surface area (Å²) < 4.78 is 48.9. The van der Waals surface area contributed by atoms with Crippen LogP contribution in [0.3, 0.4) is 0 Å². The monoisotopic (exact) mass is 1030 g/mol. The summed E-state index contributed by atoms with van der Waals surface area (Å²) in [5.41, 5.74) is 4.73. The fourth-order valence-electron chi connectivity index (χ4n) is 9.01. The molecule has 7 aromatic rings. The van der Waals surface area contributed by atoms with Gasteiger partial charge in [0.1, 0.15) is 17.3 Å². The number of carbonyl (C=O) groups is 2. The highest BCUT2D eigenvalue weighted by atomic mass is 32.2. The Morgan fingerprint density at radius 1 is 0.986 bits per heavy atom. The number of H-pyrrole nitrogens is 1. The van der Waals surface area contributed by atoms with Gasteiger partial charge in [0, 0.05) is 41.2 Å². The zero-order chi connectivity index (χ0) is 52.8. The van der Waals surface area contributed by atoms with E-state index in [4.69, 9.17) is 19.4 Å². The first-order valence-electron chi connectivity index (χ1n) is 23.7. The Morgan fingerprint density at radius 3 is 2.24 bits per heavy atom. The molecule has 3 aromatic carbocycles. The summed E-state index contributed by atoms with van der Waals surface area (Å²) in [6.45, 7) is 16.5. The number of hydrogen-bond acceptors (Lipinski definition) is 12. The van der Waals surface area contributed by atoms with Gasteiger partial charge >= 0.3 is 12.2 Å². The van der Waals surface area contributed by atoms with Crippen LogP contribution in [0.5, 0.6) is 0 Å². The minimum absolute atomic E-state index is 0.0505. The highest BCUT2D eigenvalue weighted by Gasteiger charge is 2.40. The molecular formula is C52H68F2N10O6S2. The molecule has 20 heteroatoms. The summed E-state index contributed by atoms with van der Waals surface area (Å²) in [4.78, 5) is 46.8. The number of nitrogens with zero attached hydrogens (tertiary/aromatic N) is 7. The molecular weight excluding hydrogens is 963 g/mol. The summed E-state index contributed by atoms with van der Waals surface area (Å²) in [6.07, 6.45) is 8.53. The van der Waals surface area contributed by atoms with Gasteiger partial charge in [0.2, 0.25) is 0 Å². The molecule has 1 aliphatic carbocycles. The number of amides is 1. The molecule has 16 nitrogen and oxygen atoms in total. The van der Waals surface area contributed by atoms with Crippen molar-refractivity contribution in [2.45, 2.75) is 91.2 Å². The number of aryl methyl sites for hydroxylation is 4. The Balaban J connectivity index is 0.000000536. The van der Waals surface area contributed by atoms with Crippen LogP contribution < -0.4 is 16.9 Å². The van der Waals surface area contributed by atoms with Gasteiger partial charge in [-0.2, -0.15) is 28.7 Å². The van der Waals surface area contributed by atoms with Crippen molar-refractivity contribution in [3.63, 3.8) is 0 Å². The molecule has 3 aliphatic rings. The number of carbonyl (C=O) groups excluding carboxylic acids is 2. The average Bonchev–Trinajstić information content (AvgIpc) is 3.81. The Kier molecular flexibility index (Phi) is 18.4. The first-order valence-corrected chi connectivity index (χ1v) is 25.7. The zero-order valence-electron chi connectivity index (χ0n) is 43.1. The molecule has 0 spiro atoms. The molecule has 72 heavy (non-hydrogen) atoms. The van der Waals surface area contributed by atoms with Gasteiger partial charge < -0.3 is 29.5 Å². The number of imidazole rings is 1. The predicted octanol–water partition coefficient (Wildman–Crippen LogP) is 9.00. The molecule has 2 saturated heterocycles.